The summed E-state index contributed by atoms with van der Waals surface area (Å²) in [6.07, 6.45) is 0. The fourth-order valence-corrected chi connectivity index (χ4v) is 1.13. The van der Waals surface area contributed by atoms with Crippen LogP contribution in [0.5, 0.6) is 0 Å². The van der Waals surface area contributed by atoms with Crippen LogP contribution in [-0.4, -0.2) is 17.2 Å². The van der Waals surface area contributed by atoms with Crippen LogP contribution in [0.15, 0.2) is 16.7 Å². The fourth-order valence-electron chi connectivity index (χ4n) is 1.13. The van der Waals surface area contributed by atoms with Gasteiger partial charge in [0, 0.05) is 12.6 Å². The number of nitrogens with zero attached hydrogens (tertiary/aromatic N) is 2. The van der Waals surface area contributed by atoms with Crippen molar-refractivity contribution in [1.29, 1.82) is 0 Å². The van der Waals surface area contributed by atoms with Crippen LogP contribution in [0.1, 0.15) is 0 Å². The van der Waals surface area contributed by atoms with Crippen molar-refractivity contribution < 1.29 is 17.7 Å². The van der Waals surface area contributed by atoms with E-state index in [1.54, 1.807) is 7.05 Å². The van der Waals surface area contributed by atoms with Crippen molar-refractivity contribution in [2.75, 3.05) is 12.4 Å². The number of benzene rings is 1. The lowest BCUT2D eigenvalue weighted by Gasteiger charge is -1.97. The van der Waals surface area contributed by atoms with Crippen molar-refractivity contribution in [1.82, 2.24) is 10.1 Å². The molecule has 0 aliphatic heterocycles. The summed E-state index contributed by atoms with van der Waals surface area (Å²) < 4.78 is 43.1. The van der Waals surface area contributed by atoms with Crippen LogP contribution in [0.3, 0.4) is 0 Å². The maximum Gasteiger partial charge on any atom is 0.321 e. The van der Waals surface area contributed by atoms with Crippen molar-refractivity contribution in [3.63, 3.8) is 0 Å². The number of nitrogens with one attached hydrogen (secondary N) is 1. The average molecular weight is 229 g/mol. The van der Waals surface area contributed by atoms with E-state index < -0.39 is 17.5 Å². The Morgan fingerprint density at radius 2 is 1.81 bits per heavy atom. The van der Waals surface area contributed by atoms with E-state index in [4.69, 9.17) is 0 Å². The molecule has 0 bridgehead atoms. The van der Waals surface area contributed by atoms with Crippen molar-refractivity contribution in [3.8, 4) is 11.4 Å². The third-order valence-electron chi connectivity index (χ3n) is 1.88. The Balaban J connectivity index is 2.48. The van der Waals surface area contributed by atoms with Crippen LogP contribution in [0, 0.1) is 17.5 Å². The molecular formula is C9H6F3N3O. The van der Waals surface area contributed by atoms with E-state index in [1.807, 2.05) is 0 Å². The highest BCUT2D eigenvalue weighted by molar-refractivity contribution is 5.55. The zero-order valence-corrected chi connectivity index (χ0v) is 8.09. The van der Waals surface area contributed by atoms with Gasteiger partial charge in [-0.1, -0.05) is 5.16 Å². The van der Waals surface area contributed by atoms with Gasteiger partial charge in [0.2, 0.25) is 5.82 Å². The summed E-state index contributed by atoms with van der Waals surface area (Å²) in [5, 5.41) is 6.02. The number of aromatic nitrogens is 2. The van der Waals surface area contributed by atoms with E-state index in [9.17, 15) is 13.2 Å². The molecule has 1 N–H and O–H groups in total. The second-order valence-corrected chi connectivity index (χ2v) is 2.93. The van der Waals surface area contributed by atoms with Crippen LogP contribution >= 0.6 is 0 Å². The average Bonchev–Trinajstić information content (AvgIpc) is 2.73. The summed E-state index contributed by atoms with van der Waals surface area (Å²) in [6.45, 7) is 0. The summed E-state index contributed by atoms with van der Waals surface area (Å²) in [7, 11) is 1.54. The van der Waals surface area contributed by atoms with Gasteiger partial charge in [0.1, 0.15) is 0 Å². The maximum atomic E-state index is 12.9. The molecule has 0 unspecified atom stereocenters. The lowest BCUT2D eigenvalue weighted by atomic mass is 10.2. The minimum atomic E-state index is -1.53. The molecule has 4 nitrogen and oxygen atoms in total. The number of hydrogen-bond donors (Lipinski definition) is 1. The molecule has 7 heteroatoms. The first-order valence-corrected chi connectivity index (χ1v) is 4.28. The van der Waals surface area contributed by atoms with Crippen LogP contribution in [-0.2, 0) is 0 Å². The van der Waals surface area contributed by atoms with Gasteiger partial charge in [-0.25, -0.2) is 13.2 Å². The summed E-state index contributed by atoms with van der Waals surface area (Å²) in [5.74, 6) is -4.15. The Bertz CT molecular complexity index is 503. The molecule has 0 amide bonds. The topological polar surface area (TPSA) is 51.0 Å². The van der Waals surface area contributed by atoms with E-state index in [0.29, 0.717) is 0 Å². The van der Waals surface area contributed by atoms with Gasteiger partial charge in [-0.15, -0.1) is 0 Å². The molecule has 0 fully saturated rings. The highest BCUT2D eigenvalue weighted by atomic mass is 19.2. The molecule has 2 rings (SSSR count). The molecule has 0 aliphatic carbocycles. The minimum Gasteiger partial charge on any atom is -0.341 e. The zero-order valence-electron chi connectivity index (χ0n) is 8.09. The van der Waals surface area contributed by atoms with Crippen molar-refractivity contribution >= 4 is 6.01 Å². The summed E-state index contributed by atoms with van der Waals surface area (Å²) in [6, 6.07) is 1.69. The van der Waals surface area contributed by atoms with Crippen LogP contribution in [0.25, 0.3) is 11.4 Å². The van der Waals surface area contributed by atoms with Crippen molar-refractivity contribution in [2.45, 2.75) is 0 Å². The lowest BCUT2D eigenvalue weighted by molar-refractivity contribution is 0.433. The van der Waals surface area contributed by atoms with Gasteiger partial charge in [0.15, 0.2) is 17.5 Å². The molecule has 0 aliphatic rings. The number of anilines is 1. The second-order valence-electron chi connectivity index (χ2n) is 2.93. The largest absolute Gasteiger partial charge is 0.341 e. The normalized spacial score (nSPS) is 10.5. The summed E-state index contributed by atoms with van der Waals surface area (Å²) in [5.41, 5.74) is 0.00153. The third kappa shape index (κ3) is 1.71. The van der Waals surface area contributed by atoms with Crippen LogP contribution < -0.4 is 5.32 Å². The van der Waals surface area contributed by atoms with Gasteiger partial charge in [0.05, 0.1) is 0 Å². The Labute approximate surface area is 88.1 Å². The third-order valence-corrected chi connectivity index (χ3v) is 1.88. The van der Waals surface area contributed by atoms with E-state index in [2.05, 4.69) is 20.0 Å². The second kappa shape index (κ2) is 3.84. The van der Waals surface area contributed by atoms with E-state index in [0.717, 1.165) is 12.1 Å². The van der Waals surface area contributed by atoms with Gasteiger partial charge in [-0.05, 0) is 12.1 Å². The van der Waals surface area contributed by atoms with Gasteiger partial charge in [-0.2, -0.15) is 4.98 Å². The molecule has 0 spiro atoms. The molecule has 1 heterocycles. The van der Waals surface area contributed by atoms with E-state index >= 15 is 0 Å². The maximum absolute atomic E-state index is 12.9. The Morgan fingerprint density at radius 1 is 1.19 bits per heavy atom. The predicted octanol–water partition coefficient (Wildman–Crippen LogP) is 2.20. The first-order valence-electron chi connectivity index (χ1n) is 4.28. The van der Waals surface area contributed by atoms with E-state index in [-0.39, 0.29) is 17.4 Å². The van der Waals surface area contributed by atoms with Crippen molar-refractivity contribution in [2.24, 2.45) is 0 Å². The quantitative estimate of drug-likeness (QED) is 0.802. The Morgan fingerprint density at radius 3 is 2.31 bits per heavy atom. The molecule has 0 atom stereocenters. The monoisotopic (exact) mass is 229 g/mol. The lowest BCUT2D eigenvalue weighted by Crippen LogP contribution is -1.93. The highest BCUT2D eigenvalue weighted by Gasteiger charge is 2.14. The first-order chi connectivity index (χ1) is 7.61. The highest BCUT2D eigenvalue weighted by Crippen LogP contribution is 2.22. The first kappa shape index (κ1) is 10.5. The number of hydrogen-bond acceptors (Lipinski definition) is 4. The molecule has 0 saturated carbocycles. The van der Waals surface area contributed by atoms with Gasteiger partial charge < -0.3 is 9.84 Å². The molecule has 0 saturated heterocycles. The number of halogens is 3. The zero-order chi connectivity index (χ0) is 11.7. The minimum absolute atomic E-state index is 0.00153. The van der Waals surface area contributed by atoms with Gasteiger partial charge >= 0.3 is 6.01 Å². The van der Waals surface area contributed by atoms with Crippen LogP contribution in [0.2, 0.25) is 0 Å². The molecule has 1 aromatic heterocycles. The smallest absolute Gasteiger partial charge is 0.321 e. The molecule has 84 valence electrons. The molecule has 1 aromatic carbocycles. The molecule has 16 heavy (non-hydrogen) atoms. The summed E-state index contributed by atoms with van der Waals surface area (Å²) >= 11 is 0. The number of rotatable bonds is 2. The van der Waals surface area contributed by atoms with Crippen molar-refractivity contribution in [3.05, 3.63) is 29.6 Å². The fraction of sp³-hybridized carbons (Fsp3) is 0.111. The molecular weight excluding hydrogens is 223 g/mol. The standard InChI is InChI=1S/C9H6F3N3O/c1-13-9-14-8(15-16-9)4-2-5(10)7(12)6(11)3-4/h2-3H,1H3,(H,13,14,15). The van der Waals surface area contributed by atoms with E-state index in [1.165, 1.54) is 0 Å². The molecule has 2 aromatic rings. The van der Waals surface area contributed by atoms with Gasteiger partial charge in [0.25, 0.3) is 0 Å². The van der Waals surface area contributed by atoms with Gasteiger partial charge in [-0.3, -0.25) is 0 Å². The summed E-state index contributed by atoms with van der Waals surface area (Å²) in [4.78, 5) is 3.77. The predicted molar refractivity (Wildman–Crippen MR) is 49.2 cm³/mol. The Hall–Kier alpha value is -2.05. The SMILES string of the molecule is CNc1nc(-c2cc(F)c(F)c(F)c2)no1. The Kier molecular flexibility index (Phi) is 2.51. The van der Waals surface area contributed by atoms with Crippen LogP contribution in [0.4, 0.5) is 19.2 Å². The molecule has 0 radical (unpaired) electrons.